The van der Waals surface area contributed by atoms with Gasteiger partial charge in [0.25, 0.3) is 0 Å². The first-order chi connectivity index (χ1) is 13.8. The molecule has 1 aromatic carbocycles. The van der Waals surface area contributed by atoms with Crippen molar-refractivity contribution in [1.29, 1.82) is 0 Å². The molecule has 1 aliphatic rings. The number of hydrogen-bond acceptors (Lipinski definition) is 4. The summed E-state index contributed by atoms with van der Waals surface area (Å²) in [6.45, 7) is 4.27. The standard InChI is InChI=1S/C19H25F3N6O/c1-26-14-16(13-24-26)25-18(29)23-6-3-7-27-8-10-28(11-9-27)17-5-2-4-15(12-17)19(20,21)22/h2,4-5,12-14H,3,6-11H2,1H3,(H2,23,25,29). The molecule has 2 aromatic rings. The maximum Gasteiger partial charge on any atom is 0.416 e. The summed E-state index contributed by atoms with van der Waals surface area (Å²) < 4.78 is 40.3. The number of hydrogen-bond donors (Lipinski definition) is 2. The van der Waals surface area contributed by atoms with E-state index in [0.717, 1.165) is 32.1 Å². The van der Waals surface area contributed by atoms with Crippen LogP contribution < -0.4 is 15.5 Å². The summed E-state index contributed by atoms with van der Waals surface area (Å²) in [5.74, 6) is 0. The maximum atomic E-state index is 12.9. The molecule has 0 spiro atoms. The van der Waals surface area contributed by atoms with Crippen LogP contribution in [0, 0.1) is 0 Å². The second kappa shape index (κ2) is 9.17. The zero-order valence-corrected chi connectivity index (χ0v) is 16.2. The van der Waals surface area contributed by atoms with Crippen molar-refractivity contribution in [3.8, 4) is 0 Å². The Morgan fingerprint density at radius 3 is 2.62 bits per heavy atom. The van der Waals surface area contributed by atoms with Gasteiger partial charge < -0.3 is 15.5 Å². The third-order valence-corrected chi connectivity index (χ3v) is 4.81. The van der Waals surface area contributed by atoms with E-state index in [1.807, 2.05) is 4.90 Å². The Labute approximate surface area is 167 Å². The number of amides is 2. The average molecular weight is 410 g/mol. The number of halogens is 3. The molecule has 0 bridgehead atoms. The molecule has 0 atom stereocenters. The number of nitrogens with one attached hydrogen (secondary N) is 2. The molecule has 10 heteroatoms. The number of alkyl halides is 3. The molecule has 1 aliphatic heterocycles. The van der Waals surface area contributed by atoms with E-state index >= 15 is 0 Å². The van der Waals surface area contributed by atoms with Gasteiger partial charge in [0.05, 0.1) is 17.4 Å². The lowest BCUT2D eigenvalue weighted by Crippen LogP contribution is -2.47. The predicted molar refractivity (Wildman–Crippen MR) is 105 cm³/mol. The zero-order valence-electron chi connectivity index (χ0n) is 16.2. The fourth-order valence-corrected chi connectivity index (χ4v) is 3.27. The van der Waals surface area contributed by atoms with Crippen molar-refractivity contribution in [2.75, 3.05) is 49.5 Å². The molecule has 0 radical (unpaired) electrons. The highest BCUT2D eigenvalue weighted by molar-refractivity contribution is 5.88. The lowest BCUT2D eigenvalue weighted by Gasteiger charge is -2.36. The van der Waals surface area contributed by atoms with E-state index < -0.39 is 11.7 Å². The summed E-state index contributed by atoms with van der Waals surface area (Å²) in [5.41, 5.74) is 0.622. The van der Waals surface area contributed by atoms with Gasteiger partial charge in [-0.25, -0.2) is 4.79 Å². The van der Waals surface area contributed by atoms with Gasteiger partial charge in [0.15, 0.2) is 0 Å². The Kier molecular flexibility index (Phi) is 6.63. The second-order valence-electron chi connectivity index (χ2n) is 7.01. The normalized spacial score (nSPS) is 15.4. The van der Waals surface area contributed by atoms with Crippen LogP contribution in [0.1, 0.15) is 12.0 Å². The Morgan fingerprint density at radius 1 is 1.21 bits per heavy atom. The molecule has 0 saturated carbocycles. The minimum Gasteiger partial charge on any atom is -0.369 e. The fraction of sp³-hybridized carbons (Fsp3) is 0.474. The van der Waals surface area contributed by atoms with Crippen LogP contribution in [0.3, 0.4) is 0 Å². The van der Waals surface area contributed by atoms with Crippen LogP contribution in [-0.4, -0.2) is 60.0 Å². The van der Waals surface area contributed by atoms with E-state index in [4.69, 9.17) is 0 Å². The zero-order chi connectivity index (χ0) is 20.9. The molecule has 2 N–H and O–H groups in total. The van der Waals surface area contributed by atoms with E-state index in [2.05, 4.69) is 20.6 Å². The highest BCUT2D eigenvalue weighted by Crippen LogP contribution is 2.31. The minimum atomic E-state index is -4.33. The van der Waals surface area contributed by atoms with Crippen molar-refractivity contribution in [2.45, 2.75) is 12.6 Å². The minimum absolute atomic E-state index is 0.271. The SMILES string of the molecule is Cn1cc(NC(=O)NCCCN2CCN(c3cccc(C(F)(F)F)c3)CC2)cn1. The van der Waals surface area contributed by atoms with E-state index in [1.165, 1.54) is 12.1 Å². The molecule has 29 heavy (non-hydrogen) atoms. The number of aryl methyl sites for hydroxylation is 1. The predicted octanol–water partition coefficient (Wildman–Crippen LogP) is 2.77. The summed E-state index contributed by atoms with van der Waals surface area (Å²) in [6, 6.07) is 5.20. The fourth-order valence-electron chi connectivity index (χ4n) is 3.27. The van der Waals surface area contributed by atoms with Gasteiger partial charge in [-0.15, -0.1) is 0 Å². The first-order valence-corrected chi connectivity index (χ1v) is 9.49. The molecule has 0 unspecified atom stereocenters. The van der Waals surface area contributed by atoms with E-state index in [1.54, 1.807) is 30.2 Å². The number of anilines is 2. The third-order valence-electron chi connectivity index (χ3n) is 4.81. The Hall–Kier alpha value is -2.75. The van der Waals surface area contributed by atoms with Crippen LogP contribution in [0.4, 0.5) is 29.3 Å². The first-order valence-electron chi connectivity index (χ1n) is 9.49. The van der Waals surface area contributed by atoms with Gasteiger partial charge in [-0.05, 0) is 31.2 Å². The monoisotopic (exact) mass is 410 g/mol. The Morgan fingerprint density at radius 2 is 1.97 bits per heavy atom. The molecule has 3 rings (SSSR count). The first kappa shape index (κ1) is 21.0. The van der Waals surface area contributed by atoms with Gasteiger partial charge in [0.1, 0.15) is 0 Å². The van der Waals surface area contributed by atoms with E-state index in [9.17, 15) is 18.0 Å². The van der Waals surface area contributed by atoms with Crippen LogP contribution in [0.15, 0.2) is 36.7 Å². The van der Waals surface area contributed by atoms with Gasteiger partial charge in [-0.2, -0.15) is 18.3 Å². The van der Waals surface area contributed by atoms with Crippen molar-refractivity contribution in [3.05, 3.63) is 42.2 Å². The number of carbonyl (C=O) groups is 1. The summed E-state index contributed by atoms with van der Waals surface area (Å²) in [4.78, 5) is 16.0. The number of piperazine rings is 1. The van der Waals surface area contributed by atoms with Gasteiger partial charge in [-0.1, -0.05) is 6.07 Å². The number of benzene rings is 1. The van der Waals surface area contributed by atoms with Crippen molar-refractivity contribution < 1.29 is 18.0 Å². The molecule has 0 aliphatic carbocycles. The summed E-state index contributed by atoms with van der Waals surface area (Å²) >= 11 is 0. The van der Waals surface area contributed by atoms with Crippen LogP contribution in [0.2, 0.25) is 0 Å². The molecule has 1 aromatic heterocycles. The molecular formula is C19H25F3N6O. The smallest absolute Gasteiger partial charge is 0.369 e. The molecule has 1 fully saturated rings. The molecule has 158 valence electrons. The summed E-state index contributed by atoms with van der Waals surface area (Å²) in [6.07, 6.45) is -0.245. The third kappa shape index (κ3) is 6.11. The van der Waals surface area contributed by atoms with Gasteiger partial charge in [0, 0.05) is 51.7 Å². The maximum absolute atomic E-state index is 12.9. The van der Waals surface area contributed by atoms with Crippen molar-refractivity contribution >= 4 is 17.4 Å². The van der Waals surface area contributed by atoms with Crippen molar-refractivity contribution in [1.82, 2.24) is 20.0 Å². The number of rotatable bonds is 6. The van der Waals surface area contributed by atoms with Crippen LogP contribution in [-0.2, 0) is 13.2 Å². The lowest BCUT2D eigenvalue weighted by molar-refractivity contribution is -0.137. The summed E-state index contributed by atoms with van der Waals surface area (Å²) in [7, 11) is 1.77. The number of urea groups is 1. The summed E-state index contributed by atoms with van der Waals surface area (Å²) in [5, 5.41) is 9.49. The van der Waals surface area contributed by atoms with Crippen molar-refractivity contribution in [2.24, 2.45) is 7.05 Å². The largest absolute Gasteiger partial charge is 0.416 e. The lowest BCUT2D eigenvalue weighted by atomic mass is 10.1. The molecule has 2 amide bonds. The second-order valence-corrected chi connectivity index (χ2v) is 7.01. The number of carbonyl (C=O) groups excluding carboxylic acids is 1. The number of aromatic nitrogens is 2. The van der Waals surface area contributed by atoms with Gasteiger partial charge >= 0.3 is 12.2 Å². The van der Waals surface area contributed by atoms with E-state index in [-0.39, 0.29) is 6.03 Å². The number of nitrogens with zero attached hydrogens (tertiary/aromatic N) is 4. The molecule has 7 nitrogen and oxygen atoms in total. The van der Waals surface area contributed by atoms with Gasteiger partial charge in [0.2, 0.25) is 0 Å². The van der Waals surface area contributed by atoms with E-state index in [0.29, 0.717) is 31.0 Å². The van der Waals surface area contributed by atoms with Crippen molar-refractivity contribution in [3.63, 3.8) is 0 Å². The molecular weight excluding hydrogens is 385 g/mol. The quantitative estimate of drug-likeness (QED) is 0.719. The van der Waals surface area contributed by atoms with Crippen LogP contribution in [0.5, 0.6) is 0 Å². The average Bonchev–Trinajstić information content (AvgIpc) is 3.10. The topological polar surface area (TPSA) is 65.4 Å². The van der Waals surface area contributed by atoms with Gasteiger partial charge in [-0.3, -0.25) is 9.58 Å². The Bertz CT molecular complexity index is 814. The molecule has 2 heterocycles. The highest BCUT2D eigenvalue weighted by Gasteiger charge is 2.31. The van der Waals surface area contributed by atoms with Crippen LogP contribution in [0.25, 0.3) is 0 Å². The van der Waals surface area contributed by atoms with Crippen LogP contribution >= 0.6 is 0 Å². The Balaban J connectivity index is 1.35. The molecule has 1 saturated heterocycles. The highest BCUT2D eigenvalue weighted by atomic mass is 19.4.